The van der Waals surface area contributed by atoms with Gasteiger partial charge >= 0.3 is 0 Å². The van der Waals surface area contributed by atoms with Crippen LogP contribution in [-0.4, -0.2) is 36.6 Å². The van der Waals surface area contributed by atoms with Crippen molar-refractivity contribution in [3.05, 3.63) is 0 Å². The largest absolute Gasteiger partial charge is 0.313 e. The van der Waals surface area contributed by atoms with Gasteiger partial charge in [-0.25, -0.2) is 0 Å². The van der Waals surface area contributed by atoms with Gasteiger partial charge in [0, 0.05) is 25.2 Å². The van der Waals surface area contributed by atoms with Gasteiger partial charge in [0.2, 0.25) is 0 Å². The molecule has 0 amide bonds. The second-order valence-electron chi connectivity index (χ2n) is 8.69. The molecule has 21 heavy (non-hydrogen) atoms. The number of rotatable bonds is 5. The Labute approximate surface area is 132 Å². The third kappa shape index (κ3) is 4.01. The van der Waals surface area contributed by atoms with Gasteiger partial charge in [-0.15, -0.1) is 0 Å². The molecule has 0 aromatic heterocycles. The number of hydrogen-bond acceptors (Lipinski definition) is 2. The fourth-order valence-corrected chi connectivity index (χ4v) is 4.85. The monoisotopic (exact) mass is 292 g/mol. The van der Waals surface area contributed by atoms with E-state index in [4.69, 9.17) is 0 Å². The second-order valence-corrected chi connectivity index (χ2v) is 8.69. The van der Waals surface area contributed by atoms with Gasteiger partial charge in [-0.05, 0) is 69.2 Å². The average molecular weight is 293 g/mol. The zero-order valence-corrected chi connectivity index (χ0v) is 14.5. The first-order valence-electron chi connectivity index (χ1n) is 9.55. The zero-order chi connectivity index (χ0) is 14.9. The highest BCUT2D eigenvalue weighted by atomic mass is 15.2. The first kappa shape index (κ1) is 15.8. The lowest BCUT2D eigenvalue weighted by molar-refractivity contribution is 0.0284. The maximum atomic E-state index is 3.88. The summed E-state index contributed by atoms with van der Waals surface area (Å²) in [7, 11) is 0. The smallest absolute Gasteiger partial charge is 0.00928 e. The highest BCUT2D eigenvalue weighted by molar-refractivity contribution is 4.94. The van der Waals surface area contributed by atoms with Crippen LogP contribution in [0.1, 0.15) is 72.1 Å². The summed E-state index contributed by atoms with van der Waals surface area (Å²) in [6.07, 6.45) is 11.5. The summed E-state index contributed by atoms with van der Waals surface area (Å²) in [5.74, 6) is 1.81. The van der Waals surface area contributed by atoms with Crippen LogP contribution in [0.3, 0.4) is 0 Å². The van der Waals surface area contributed by atoms with E-state index in [0.29, 0.717) is 5.41 Å². The van der Waals surface area contributed by atoms with Crippen molar-refractivity contribution in [1.82, 2.24) is 10.2 Å². The molecule has 0 spiro atoms. The summed E-state index contributed by atoms with van der Waals surface area (Å²) in [4.78, 5) is 2.83. The van der Waals surface area contributed by atoms with Gasteiger partial charge in [0.05, 0.1) is 0 Å². The minimum absolute atomic E-state index is 0.561. The van der Waals surface area contributed by atoms with Crippen LogP contribution in [0, 0.1) is 17.3 Å². The van der Waals surface area contributed by atoms with Crippen LogP contribution in [0.5, 0.6) is 0 Å². The van der Waals surface area contributed by atoms with E-state index in [-0.39, 0.29) is 0 Å². The Kier molecular flexibility index (Phi) is 4.95. The van der Waals surface area contributed by atoms with Crippen molar-refractivity contribution in [2.24, 2.45) is 17.3 Å². The summed E-state index contributed by atoms with van der Waals surface area (Å²) >= 11 is 0. The number of likely N-dealkylation sites (tertiary alicyclic amines) is 1. The van der Waals surface area contributed by atoms with Crippen molar-refractivity contribution < 1.29 is 0 Å². The molecule has 3 fully saturated rings. The van der Waals surface area contributed by atoms with Crippen LogP contribution < -0.4 is 5.32 Å². The Morgan fingerprint density at radius 2 is 1.86 bits per heavy atom. The molecule has 2 aliphatic carbocycles. The Hall–Kier alpha value is -0.0800. The van der Waals surface area contributed by atoms with Crippen LogP contribution in [0.2, 0.25) is 0 Å². The number of hydrogen-bond donors (Lipinski definition) is 1. The first-order chi connectivity index (χ1) is 10.1. The molecule has 4 atom stereocenters. The third-order valence-corrected chi connectivity index (χ3v) is 6.57. The second kappa shape index (κ2) is 6.58. The van der Waals surface area contributed by atoms with E-state index in [1.807, 2.05) is 0 Å². The molecule has 0 bridgehead atoms. The van der Waals surface area contributed by atoms with Crippen molar-refractivity contribution in [2.45, 2.75) is 84.2 Å². The molecular weight excluding hydrogens is 256 g/mol. The SMILES string of the molecule is CC1CCCC(CNC2CC2)(CN2CCCC(C)C2C)C1. The third-order valence-electron chi connectivity index (χ3n) is 6.57. The minimum Gasteiger partial charge on any atom is -0.313 e. The molecule has 1 aliphatic heterocycles. The number of piperidine rings is 1. The highest BCUT2D eigenvalue weighted by Crippen LogP contribution is 2.41. The van der Waals surface area contributed by atoms with Crippen LogP contribution in [0.4, 0.5) is 0 Å². The average Bonchev–Trinajstić information content (AvgIpc) is 3.26. The molecule has 1 N–H and O–H groups in total. The molecule has 1 heterocycles. The molecule has 2 saturated carbocycles. The maximum absolute atomic E-state index is 3.88. The van der Waals surface area contributed by atoms with E-state index < -0.39 is 0 Å². The lowest BCUT2D eigenvalue weighted by Crippen LogP contribution is -2.52. The maximum Gasteiger partial charge on any atom is 0.00928 e. The van der Waals surface area contributed by atoms with E-state index in [1.54, 1.807) is 0 Å². The molecule has 0 radical (unpaired) electrons. The van der Waals surface area contributed by atoms with Gasteiger partial charge in [-0.3, -0.25) is 4.90 Å². The Morgan fingerprint density at radius 1 is 1.05 bits per heavy atom. The topological polar surface area (TPSA) is 15.3 Å². The van der Waals surface area contributed by atoms with Crippen molar-refractivity contribution in [3.63, 3.8) is 0 Å². The summed E-state index contributed by atoms with van der Waals surface area (Å²) in [5.41, 5.74) is 0.561. The van der Waals surface area contributed by atoms with Crippen LogP contribution >= 0.6 is 0 Å². The standard InChI is InChI=1S/C19H36N2/c1-15-6-4-10-19(12-15,13-20-18-8-9-18)14-21-11-5-7-16(2)17(21)3/h15-18,20H,4-14H2,1-3H3. The van der Waals surface area contributed by atoms with Gasteiger partial charge in [-0.1, -0.05) is 26.7 Å². The van der Waals surface area contributed by atoms with Crippen molar-refractivity contribution in [3.8, 4) is 0 Å². The predicted octanol–water partition coefficient (Wildman–Crippen LogP) is 4.06. The molecule has 3 aliphatic rings. The quantitative estimate of drug-likeness (QED) is 0.822. The van der Waals surface area contributed by atoms with E-state index in [9.17, 15) is 0 Å². The van der Waals surface area contributed by atoms with Crippen LogP contribution in [-0.2, 0) is 0 Å². The molecule has 4 unspecified atom stereocenters. The normalized spacial score (nSPS) is 42.1. The lowest BCUT2D eigenvalue weighted by atomic mass is 9.69. The zero-order valence-electron chi connectivity index (χ0n) is 14.5. The van der Waals surface area contributed by atoms with Gasteiger partial charge in [-0.2, -0.15) is 0 Å². The molecule has 122 valence electrons. The van der Waals surface area contributed by atoms with Crippen LogP contribution in [0.25, 0.3) is 0 Å². The molecular formula is C19H36N2. The van der Waals surface area contributed by atoms with Gasteiger partial charge in [0.1, 0.15) is 0 Å². The molecule has 2 heteroatoms. The van der Waals surface area contributed by atoms with Crippen molar-refractivity contribution in [1.29, 1.82) is 0 Å². The Bertz CT molecular complexity index is 338. The summed E-state index contributed by atoms with van der Waals surface area (Å²) in [6, 6.07) is 1.64. The summed E-state index contributed by atoms with van der Waals surface area (Å²) in [5, 5.41) is 3.88. The van der Waals surface area contributed by atoms with Crippen molar-refractivity contribution >= 4 is 0 Å². The summed E-state index contributed by atoms with van der Waals surface area (Å²) in [6.45, 7) is 11.4. The van der Waals surface area contributed by atoms with E-state index in [0.717, 1.165) is 23.9 Å². The number of nitrogens with zero attached hydrogens (tertiary/aromatic N) is 1. The van der Waals surface area contributed by atoms with Gasteiger partial charge in [0.25, 0.3) is 0 Å². The van der Waals surface area contributed by atoms with E-state index in [2.05, 4.69) is 31.0 Å². The molecule has 2 nitrogen and oxygen atoms in total. The van der Waals surface area contributed by atoms with Gasteiger partial charge < -0.3 is 5.32 Å². The van der Waals surface area contributed by atoms with Crippen LogP contribution in [0.15, 0.2) is 0 Å². The van der Waals surface area contributed by atoms with Gasteiger partial charge in [0.15, 0.2) is 0 Å². The summed E-state index contributed by atoms with van der Waals surface area (Å²) < 4.78 is 0. The Morgan fingerprint density at radius 3 is 2.57 bits per heavy atom. The highest BCUT2D eigenvalue weighted by Gasteiger charge is 2.39. The fraction of sp³-hybridized carbons (Fsp3) is 1.00. The molecule has 1 saturated heterocycles. The molecule has 0 aromatic rings. The number of nitrogens with one attached hydrogen (secondary N) is 1. The first-order valence-corrected chi connectivity index (χ1v) is 9.55. The predicted molar refractivity (Wildman–Crippen MR) is 90.5 cm³/mol. The Balaban J connectivity index is 1.65. The van der Waals surface area contributed by atoms with Crippen molar-refractivity contribution in [2.75, 3.05) is 19.6 Å². The van der Waals surface area contributed by atoms with E-state index >= 15 is 0 Å². The molecule has 3 rings (SSSR count). The lowest BCUT2D eigenvalue weighted by Gasteiger charge is -2.47. The van der Waals surface area contributed by atoms with E-state index in [1.165, 1.54) is 71.0 Å². The fourth-order valence-electron chi connectivity index (χ4n) is 4.85. The minimum atomic E-state index is 0.561. The molecule has 0 aromatic carbocycles.